The van der Waals surface area contributed by atoms with Crippen LogP contribution in [0.25, 0.3) is 0 Å². The Hall–Kier alpha value is -1.91. The Morgan fingerprint density at radius 2 is 2.00 bits per heavy atom. The predicted molar refractivity (Wildman–Crippen MR) is 70.1 cm³/mol. The number of nitrogens with zero attached hydrogens (tertiary/aromatic N) is 1. The first kappa shape index (κ1) is 13.5. The number of esters is 1. The number of carbonyl (C=O) groups is 1. The highest BCUT2D eigenvalue weighted by atomic mass is 16.6. The second kappa shape index (κ2) is 5.82. The lowest BCUT2D eigenvalue weighted by Gasteiger charge is -2.21. The third-order valence-electron chi connectivity index (χ3n) is 3.47. The molecule has 1 aliphatic carbocycles. The first-order chi connectivity index (χ1) is 9.08. The quantitative estimate of drug-likeness (QED) is 0.476. The van der Waals surface area contributed by atoms with E-state index in [-0.39, 0.29) is 17.4 Å². The Kier molecular flexibility index (Phi) is 4.14. The van der Waals surface area contributed by atoms with Crippen molar-refractivity contribution in [2.75, 3.05) is 0 Å². The molecule has 0 heterocycles. The zero-order chi connectivity index (χ0) is 13.8. The van der Waals surface area contributed by atoms with Crippen LogP contribution in [0.3, 0.4) is 0 Å². The van der Waals surface area contributed by atoms with Gasteiger partial charge in [-0.25, -0.2) is 4.79 Å². The van der Waals surface area contributed by atoms with E-state index >= 15 is 0 Å². The summed E-state index contributed by atoms with van der Waals surface area (Å²) >= 11 is 0. The molecular formula is C14H17NO4. The van der Waals surface area contributed by atoms with Crippen molar-refractivity contribution in [2.24, 2.45) is 0 Å². The van der Waals surface area contributed by atoms with Gasteiger partial charge in [0, 0.05) is 11.6 Å². The summed E-state index contributed by atoms with van der Waals surface area (Å²) in [6.07, 6.45) is 5.07. The average molecular weight is 263 g/mol. The molecule has 0 unspecified atom stereocenters. The van der Waals surface area contributed by atoms with Gasteiger partial charge in [-0.05, 0) is 38.7 Å². The first-order valence-electron chi connectivity index (χ1n) is 6.54. The largest absolute Gasteiger partial charge is 0.459 e. The monoisotopic (exact) mass is 263 g/mol. The van der Waals surface area contributed by atoms with Gasteiger partial charge >= 0.3 is 5.97 Å². The van der Waals surface area contributed by atoms with E-state index in [0.29, 0.717) is 5.56 Å². The summed E-state index contributed by atoms with van der Waals surface area (Å²) in [6, 6.07) is 4.45. The van der Waals surface area contributed by atoms with Crippen molar-refractivity contribution in [3.8, 4) is 0 Å². The van der Waals surface area contributed by atoms with Crippen LogP contribution in [0.1, 0.15) is 48.0 Å². The van der Waals surface area contributed by atoms with Crippen LogP contribution in [0.4, 0.5) is 5.69 Å². The number of carbonyl (C=O) groups excluding carboxylic acids is 1. The fourth-order valence-corrected chi connectivity index (χ4v) is 2.34. The molecule has 1 aromatic rings. The smallest absolute Gasteiger partial charge is 0.338 e. The summed E-state index contributed by atoms with van der Waals surface area (Å²) in [7, 11) is 0. The fourth-order valence-electron chi connectivity index (χ4n) is 2.34. The molecule has 5 heteroatoms. The average Bonchev–Trinajstić information content (AvgIpc) is 2.40. The van der Waals surface area contributed by atoms with E-state index in [0.717, 1.165) is 25.7 Å². The predicted octanol–water partition coefficient (Wildman–Crippen LogP) is 3.39. The normalized spacial score (nSPS) is 16.1. The van der Waals surface area contributed by atoms with Gasteiger partial charge in [0.1, 0.15) is 6.10 Å². The van der Waals surface area contributed by atoms with Crippen molar-refractivity contribution in [3.05, 3.63) is 39.4 Å². The molecule has 0 bridgehead atoms. The van der Waals surface area contributed by atoms with Crippen LogP contribution in [0.2, 0.25) is 0 Å². The molecule has 1 aliphatic rings. The molecule has 2 rings (SSSR count). The summed E-state index contributed by atoms with van der Waals surface area (Å²) in [6.45, 7) is 1.65. The second-order valence-electron chi connectivity index (χ2n) is 4.92. The third-order valence-corrected chi connectivity index (χ3v) is 3.47. The molecule has 1 saturated carbocycles. The van der Waals surface area contributed by atoms with Crippen molar-refractivity contribution in [2.45, 2.75) is 45.1 Å². The number of benzene rings is 1. The number of nitro groups is 1. The van der Waals surface area contributed by atoms with Crippen LogP contribution in [-0.4, -0.2) is 17.0 Å². The minimum atomic E-state index is -0.479. The summed E-state index contributed by atoms with van der Waals surface area (Å²) in [5, 5.41) is 10.8. The Morgan fingerprint density at radius 1 is 1.32 bits per heavy atom. The number of rotatable bonds is 3. The molecule has 0 amide bonds. The lowest BCUT2D eigenvalue weighted by atomic mass is 9.98. The molecule has 102 valence electrons. The molecule has 0 aromatic heterocycles. The van der Waals surface area contributed by atoms with E-state index in [9.17, 15) is 14.9 Å². The minimum absolute atomic E-state index is 0.0402. The zero-order valence-electron chi connectivity index (χ0n) is 10.9. The van der Waals surface area contributed by atoms with Crippen molar-refractivity contribution >= 4 is 11.7 Å². The highest BCUT2D eigenvalue weighted by Crippen LogP contribution is 2.23. The molecule has 5 nitrogen and oxygen atoms in total. The minimum Gasteiger partial charge on any atom is -0.459 e. The van der Waals surface area contributed by atoms with E-state index < -0.39 is 10.9 Å². The Bertz CT molecular complexity index is 492. The molecule has 1 fully saturated rings. The SMILES string of the molecule is Cc1ccc(C(=O)OC2CCCCC2)cc1[N+](=O)[O-]. The first-order valence-corrected chi connectivity index (χ1v) is 6.54. The van der Waals surface area contributed by atoms with E-state index in [1.807, 2.05) is 0 Å². The van der Waals surface area contributed by atoms with E-state index in [1.165, 1.54) is 12.5 Å². The number of nitro benzene ring substituents is 1. The Balaban J connectivity index is 2.10. The topological polar surface area (TPSA) is 69.4 Å². The third kappa shape index (κ3) is 3.30. The van der Waals surface area contributed by atoms with Gasteiger partial charge in [0.2, 0.25) is 0 Å². The van der Waals surface area contributed by atoms with Crippen LogP contribution >= 0.6 is 0 Å². The van der Waals surface area contributed by atoms with Gasteiger partial charge in [0.25, 0.3) is 5.69 Å². The molecule has 0 spiro atoms. The molecule has 0 saturated heterocycles. The van der Waals surface area contributed by atoms with Gasteiger partial charge in [0.15, 0.2) is 0 Å². The van der Waals surface area contributed by atoms with Crippen LogP contribution in [-0.2, 0) is 4.74 Å². The van der Waals surface area contributed by atoms with E-state index in [1.54, 1.807) is 19.1 Å². The van der Waals surface area contributed by atoms with Crippen molar-refractivity contribution in [1.82, 2.24) is 0 Å². The summed E-state index contributed by atoms with van der Waals surface area (Å²) in [5.74, 6) is -0.463. The maximum Gasteiger partial charge on any atom is 0.338 e. The maximum atomic E-state index is 12.0. The van der Waals surface area contributed by atoms with Gasteiger partial charge in [-0.1, -0.05) is 12.5 Å². The van der Waals surface area contributed by atoms with E-state index in [2.05, 4.69) is 0 Å². The second-order valence-corrected chi connectivity index (χ2v) is 4.92. The zero-order valence-corrected chi connectivity index (χ0v) is 10.9. The molecule has 0 radical (unpaired) electrons. The van der Waals surface area contributed by atoms with Crippen molar-refractivity contribution in [3.63, 3.8) is 0 Å². The highest BCUT2D eigenvalue weighted by molar-refractivity contribution is 5.90. The molecule has 0 aliphatic heterocycles. The lowest BCUT2D eigenvalue weighted by Crippen LogP contribution is -2.21. The summed E-state index contributed by atoms with van der Waals surface area (Å²) < 4.78 is 5.39. The van der Waals surface area contributed by atoms with Crippen LogP contribution < -0.4 is 0 Å². The van der Waals surface area contributed by atoms with Gasteiger partial charge in [-0.2, -0.15) is 0 Å². The van der Waals surface area contributed by atoms with Crippen LogP contribution in [0.15, 0.2) is 18.2 Å². The number of hydrogen-bond donors (Lipinski definition) is 0. The maximum absolute atomic E-state index is 12.0. The number of hydrogen-bond acceptors (Lipinski definition) is 4. The molecule has 0 N–H and O–H groups in total. The van der Waals surface area contributed by atoms with E-state index in [4.69, 9.17) is 4.74 Å². The highest BCUT2D eigenvalue weighted by Gasteiger charge is 2.21. The number of aryl methyl sites for hydroxylation is 1. The molecule has 1 aromatic carbocycles. The molecule has 0 atom stereocenters. The Morgan fingerprint density at radius 3 is 2.63 bits per heavy atom. The molecular weight excluding hydrogens is 246 g/mol. The summed E-state index contributed by atoms with van der Waals surface area (Å²) in [4.78, 5) is 22.3. The van der Waals surface area contributed by atoms with Gasteiger partial charge in [0.05, 0.1) is 10.5 Å². The lowest BCUT2D eigenvalue weighted by molar-refractivity contribution is -0.385. The Labute approximate surface area is 111 Å². The molecule has 19 heavy (non-hydrogen) atoms. The summed E-state index contributed by atoms with van der Waals surface area (Å²) in [5.41, 5.74) is 0.750. The van der Waals surface area contributed by atoms with Gasteiger partial charge in [-0.15, -0.1) is 0 Å². The van der Waals surface area contributed by atoms with Gasteiger partial charge in [-0.3, -0.25) is 10.1 Å². The van der Waals surface area contributed by atoms with Gasteiger partial charge < -0.3 is 4.74 Å². The standard InChI is InChI=1S/C14H17NO4/c1-10-7-8-11(9-13(10)15(17)18)14(16)19-12-5-3-2-4-6-12/h7-9,12H,2-6H2,1H3. The van der Waals surface area contributed by atoms with Crippen molar-refractivity contribution in [1.29, 1.82) is 0 Å². The fraction of sp³-hybridized carbons (Fsp3) is 0.500. The van der Waals surface area contributed by atoms with Crippen LogP contribution in [0.5, 0.6) is 0 Å². The number of ether oxygens (including phenoxy) is 1. The van der Waals surface area contributed by atoms with Crippen LogP contribution in [0, 0.1) is 17.0 Å². The van der Waals surface area contributed by atoms with Crippen molar-refractivity contribution < 1.29 is 14.5 Å².